The number of anilines is 1. The molecule has 0 aliphatic carbocycles. The fourth-order valence-corrected chi connectivity index (χ4v) is 3.59. The molecule has 2 amide bonds. The Labute approximate surface area is 163 Å². The smallest absolute Gasteiger partial charge is 0.409 e. The van der Waals surface area contributed by atoms with Gasteiger partial charge >= 0.3 is 6.09 Å². The van der Waals surface area contributed by atoms with Crippen molar-refractivity contribution in [2.75, 3.05) is 64.4 Å². The van der Waals surface area contributed by atoms with Crippen molar-refractivity contribution in [3.05, 3.63) is 33.9 Å². The van der Waals surface area contributed by atoms with Gasteiger partial charge in [0.25, 0.3) is 11.6 Å². The van der Waals surface area contributed by atoms with Crippen LogP contribution >= 0.6 is 0 Å². The lowest BCUT2D eigenvalue weighted by Crippen LogP contribution is -2.46. The minimum Gasteiger partial charge on any atom is -0.453 e. The summed E-state index contributed by atoms with van der Waals surface area (Å²) >= 11 is 0. The number of hydrogen-bond acceptors (Lipinski definition) is 7. The predicted octanol–water partition coefficient (Wildman–Crippen LogP) is 0.919. The second kappa shape index (κ2) is 8.87. The summed E-state index contributed by atoms with van der Waals surface area (Å²) in [7, 11) is 1.34. The Kier molecular flexibility index (Phi) is 6.30. The van der Waals surface area contributed by atoms with Crippen molar-refractivity contribution in [1.82, 2.24) is 15.1 Å². The molecule has 10 nitrogen and oxygen atoms in total. The van der Waals surface area contributed by atoms with Gasteiger partial charge < -0.3 is 24.8 Å². The summed E-state index contributed by atoms with van der Waals surface area (Å²) in [6.07, 6.45) is 0.279. The average molecular weight is 391 g/mol. The highest BCUT2D eigenvalue weighted by atomic mass is 16.6. The van der Waals surface area contributed by atoms with Crippen LogP contribution in [-0.4, -0.2) is 86.2 Å². The Hall–Kier alpha value is -2.88. The molecule has 1 aromatic rings. The van der Waals surface area contributed by atoms with Gasteiger partial charge in [-0.3, -0.25) is 14.9 Å². The summed E-state index contributed by atoms with van der Waals surface area (Å²) in [5, 5.41) is 14.9. The quantitative estimate of drug-likeness (QED) is 0.603. The maximum atomic E-state index is 12.7. The molecule has 0 atom stereocenters. The first-order valence-corrected chi connectivity index (χ1v) is 9.37. The van der Waals surface area contributed by atoms with Gasteiger partial charge in [0.2, 0.25) is 0 Å². The molecule has 2 aliphatic heterocycles. The maximum Gasteiger partial charge on any atom is 0.409 e. The fourth-order valence-electron chi connectivity index (χ4n) is 3.59. The monoisotopic (exact) mass is 391 g/mol. The zero-order valence-corrected chi connectivity index (χ0v) is 15.9. The molecule has 2 aliphatic rings. The van der Waals surface area contributed by atoms with E-state index < -0.39 is 11.0 Å². The van der Waals surface area contributed by atoms with Gasteiger partial charge in [0.15, 0.2) is 0 Å². The first-order chi connectivity index (χ1) is 13.5. The van der Waals surface area contributed by atoms with Crippen LogP contribution in [0, 0.1) is 10.1 Å². The van der Waals surface area contributed by atoms with Crippen LogP contribution in [0.1, 0.15) is 16.8 Å². The van der Waals surface area contributed by atoms with Crippen molar-refractivity contribution in [2.24, 2.45) is 0 Å². The van der Waals surface area contributed by atoms with E-state index in [-0.39, 0.29) is 11.6 Å². The number of hydrogen-bond donors (Lipinski definition) is 1. The van der Waals surface area contributed by atoms with Crippen molar-refractivity contribution in [1.29, 1.82) is 0 Å². The number of nitro benzene ring substituents is 1. The minimum atomic E-state index is -0.452. The summed E-state index contributed by atoms with van der Waals surface area (Å²) in [5.74, 6) is -0.191. The Morgan fingerprint density at radius 2 is 1.82 bits per heavy atom. The Balaban J connectivity index is 1.80. The number of nitrogens with zero attached hydrogens (tertiary/aromatic N) is 4. The number of carbonyl (C=O) groups is 2. The second-order valence-corrected chi connectivity index (χ2v) is 6.80. The number of benzene rings is 1. The van der Waals surface area contributed by atoms with E-state index in [1.165, 1.54) is 13.2 Å². The lowest BCUT2D eigenvalue weighted by atomic mass is 10.1. The molecule has 0 bridgehead atoms. The number of amides is 2. The molecule has 1 aromatic carbocycles. The molecule has 10 heteroatoms. The van der Waals surface area contributed by atoms with Crippen LogP contribution in [0.4, 0.5) is 16.2 Å². The first-order valence-electron chi connectivity index (χ1n) is 9.37. The van der Waals surface area contributed by atoms with Crippen molar-refractivity contribution in [2.45, 2.75) is 6.42 Å². The topological polar surface area (TPSA) is 108 Å². The van der Waals surface area contributed by atoms with Gasteiger partial charge in [-0.1, -0.05) is 0 Å². The van der Waals surface area contributed by atoms with Crippen LogP contribution in [0.15, 0.2) is 18.2 Å². The summed E-state index contributed by atoms with van der Waals surface area (Å²) in [6.45, 7) is 4.61. The van der Waals surface area contributed by atoms with Gasteiger partial charge in [0.05, 0.1) is 12.0 Å². The van der Waals surface area contributed by atoms with Crippen LogP contribution in [0.5, 0.6) is 0 Å². The lowest BCUT2D eigenvalue weighted by Gasteiger charge is -2.28. The highest BCUT2D eigenvalue weighted by Gasteiger charge is 2.27. The van der Waals surface area contributed by atoms with E-state index in [0.29, 0.717) is 56.9 Å². The summed E-state index contributed by atoms with van der Waals surface area (Å²) in [6, 6.07) is 4.65. The van der Waals surface area contributed by atoms with Crippen LogP contribution in [0.3, 0.4) is 0 Å². The molecule has 2 saturated heterocycles. The Morgan fingerprint density at radius 3 is 2.50 bits per heavy atom. The van der Waals surface area contributed by atoms with Gasteiger partial charge in [-0.15, -0.1) is 0 Å². The summed E-state index contributed by atoms with van der Waals surface area (Å²) in [4.78, 5) is 40.8. The van der Waals surface area contributed by atoms with Crippen LogP contribution in [0.25, 0.3) is 0 Å². The summed E-state index contributed by atoms with van der Waals surface area (Å²) < 4.78 is 4.76. The zero-order valence-electron chi connectivity index (χ0n) is 15.9. The molecule has 2 heterocycles. The number of rotatable bonds is 3. The van der Waals surface area contributed by atoms with E-state index >= 15 is 0 Å². The van der Waals surface area contributed by atoms with E-state index in [1.807, 2.05) is 4.90 Å². The van der Waals surface area contributed by atoms with Crippen molar-refractivity contribution in [3.8, 4) is 0 Å². The van der Waals surface area contributed by atoms with E-state index in [1.54, 1.807) is 21.9 Å². The van der Waals surface area contributed by atoms with Crippen molar-refractivity contribution >= 4 is 23.4 Å². The molecule has 28 heavy (non-hydrogen) atoms. The molecule has 0 unspecified atom stereocenters. The zero-order chi connectivity index (χ0) is 20.1. The number of nitro groups is 1. The van der Waals surface area contributed by atoms with Crippen molar-refractivity contribution < 1.29 is 19.2 Å². The van der Waals surface area contributed by atoms with E-state index in [2.05, 4.69) is 5.32 Å². The molecule has 3 rings (SSSR count). The average Bonchev–Trinajstić information content (AvgIpc) is 2.99. The Bertz CT molecular complexity index is 750. The standard InChI is InChI=1S/C18H25N5O5/c1-28-18(25)22-8-2-7-20(11-12-22)15-4-3-14(13-16(15)23(26)27)17(24)21-9-5-19-6-10-21/h3-4,13,19H,2,5-12H2,1H3. The third-order valence-electron chi connectivity index (χ3n) is 5.09. The van der Waals surface area contributed by atoms with E-state index in [0.717, 1.165) is 13.1 Å². The molecule has 0 aromatic heterocycles. The fraction of sp³-hybridized carbons (Fsp3) is 0.556. The molecule has 152 valence electrons. The van der Waals surface area contributed by atoms with Gasteiger partial charge in [0, 0.05) is 64.0 Å². The number of piperazine rings is 1. The second-order valence-electron chi connectivity index (χ2n) is 6.80. The van der Waals surface area contributed by atoms with Crippen LogP contribution < -0.4 is 10.2 Å². The van der Waals surface area contributed by atoms with Gasteiger partial charge in [-0.2, -0.15) is 0 Å². The van der Waals surface area contributed by atoms with Crippen molar-refractivity contribution in [3.63, 3.8) is 0 Å². The van der Waals surface area contributed by atoms with Crippen LogP contribution in [0.2, 0.25) is 0 Å². The Morgan fingerprint density at radius 1 is 1.07 bits per heavy atom. The van der Waals surface area contributed by atoms with E-state index in [4.69, 9.17) is 4.74 Å². The van der Waals surface area contributed by atoms with E-state index in [9.17, 15) is 19.7 Å². The highest BCUT2D eigenvalue weighted by Crippen LogP contribution is 2.30. The van der Waals surface area contributed by atoms with Gasteiger partial charge in [-0.05, 0) is 18.6 Å². The molecule has 1 N–H and O–H groups in total. The maximum absolute atomic E-state index is 12.7. The number of methoxy groups -OCH3 is 1. The number of carbonyl (C=O) groups excluding carboxylic acids is 2. The molecule has 0 saturated carbocycles. The molecular formula is C18H25N5O5. The molecule has 0 spiro atoms. The highest BCUT2D eigenvalue weighted by molar-refractivity contribution is 5.96. The molecular weight excluding hydrogens is 366 g/mol. The third kappa shape index (κ3) is 4.33. The summed E-state index contributed by atoms with van der Waals surface area (Å²) in [5.41, 5.74) is 0.699. The van der Waals surface area contributed by atoms with Gasteiger partial charge in [-0.25, -0.2) is 4.79 Å². The number of ether oxygens (including phenoxy) is 1. The van der Waals surface area contributed by atoms with Crippen LogP contribution in [-0.2, 0) is 4.74 Å². The molecule has 2 fully saturated rings. The molecule has 0 radical (unpaired) electrons. The number of nitrogens with one attached hydrogen (secondary N) is 1. The lowest BCUT2D eigenvalue weighted by molar-refractivity contribution is -0.384. The normalized spacial score (nSPS) is 17.8. The predicted molar refractivity (Wildman–Crippen MR) is 103 cm³/mol. The van der Waals surface area contributed by atoms with Gasteiger partial charge in [0.1, 0.15) is 5.69 Å². The third-order valence-corrected chi connectivity index (χ3v) is 5.09. The SMILES string of the molecule is COC(=O)N1CCCN(c2ccc(C(=O)N3CCNCC3)cc2[N+](=O)[O-])CC1. The largest absolute Gasteiger partial charge is 0.453 e. The minimum absolute atomic E-state index is 0.0903. The first kappa shape index (κ1) is 19.9.